The zero-order valence-corrected chi connectivity index (χ0v) is 14.2. The van der Waals surface area contributed by atoms with Crippen LogP contribution in [-0.4, -0.2) is 56.4 Å². The Labute approximate surface area is 145 Å². The van der Waals surface area contributed by atoms with Crippen molar-refractivity contribution >= 4 is 17.3 Å². The highest BCUT2D eigenvalue weighted by molar-refractivity contribution is 5.49. The third-order valence-corrected chi connectivity index (χ3v) is 3.86. The first kappa shape index (κ1) is 16.6. The van der Waals surface area contributed by atoms with Crippen molar-refractivity contribution in [2.45, 2.75) is 13.8 Å². The molecule has 1 aliphatic rings. The zero-order valence-electron chi connectivity index (χ0n) is 14.2. The second-order valence-corrected chi connectivity index (χ2v) is 5.21. The van der Waals surface area contributed by atoms with Gasteiger partial charge in [0.1, 0.15) is 5.82 Å². The summed E-state index contributed by atoms with van der Waals surface area (Å²) in [6.07, 6.45) is 1.67. The first-order valence-corrected chi connectivity index (χ1v) is 8.25. The Morgan fingerprint density at radius 3 is 2.44 bits per heavy atom. The lowest BCUT2D eigenvalue weighted by Crippen LogP contribution is -2.47. The molecule has 0 unspecified atom stereocenters. The number of piperazine rings is 1. The summed E-state index contributed by atoms with van der Waals surface area (Å²) in [5.74, 6) is 1.69. The van der Waals surface area contributed by atoms with Gasteiger partial charge in [0.05, 0.1) is 11.6 Å². The molecule has 9 heteroatoms. The van der Waals surface area contributed by atoms with Gasteiger partial charge in [-0.15, -0.1) is 14.8 Å². The van der Waals surface area contributed by atoms with Gasteiger partial charge in [0.25, 0.3) is 0 Å². The fourth-order valence-electron chi connectivity index (χ4n) is 2.63. The molecule has 25 heavy (non-hydrogen) atoms. The van der Waals surface area contributed by atoms with Gasteiger partial charge in [-0.1, -0.05) is 13.8 Å². The highest BCUT2D eigenvalue weighted by atomic mass is 15.6. The minimum Gasteiger partial charge on any atom is -0.353 e. The average Bonchev–Trinajstić information content (AvgIpc) is 3.17. The molecule has 0 spiro atoms. The summed E-state index contributed by atoms with van der Waals surface area (Å²) in [4.78, 5) is 8.71. The third kappa shape index (κ3) is 3.47. The summed E-state index contributed by atoms with van der Waals surface area (Å²) in [5.41, 5.74) is 1.26. The Kier molecular flexibility index (Phi) is 4.99. The molecule has 0 saturated carbocycles. The normalized spacial score (nSPS) is 14.0. The SMILES string of the molecule is CC.N#Cc1ccnc(N2CCN(c3ccc4nnnn4n3)CC2)c1. The molecular formula is C16H19N9. The highest BCUT2D eigenvalue weighted by Crippen LogP contribution is 2.18. The van der Waals surface area contributed by atoms with E-state index in [1.807, 2.05) is 32.0 Å². The molecule has 1 fully saturated rings. The van der Waals surface area contributed by atoms with E-state index in [9.17, 15) is 0 Å². The highest BCUT2D eigenvalue weighted by Gasteiger charge is 2.20. The van der Waals surface area contributed by atoms with Gasteiger partial charge >= 0.3 is 0 Å². The van der Waals surface area contributed by atoms with E-state index in [0.717, 1.165) is 37.8 Å². The first-order chi connectivity index (χ1) is 12.3. The molecule has 0 aliphatic carbocycles. The molecular weight excluding hydrogens is 318 g/mol. The third-order valence-electron chi connectivity index (χ3n) is 3.86. The van der Waals surface area contributed by atoms with Gasteiger partial charge in [0.2, 0.25) is 0 Å². The standard InChI is InChI=1S/C14H13N9.C2H6/c15-10-11-3-4-16-14(9-11)22-7-5-21(6-8-22)13-2-1-12-17-19-20-23(12)18-13;1-2/h1-4,9H,5-8H2;1-2H3. The second-order valence-electron chi connectivity index (χ2n) is 5.21. The number of nitrogens with zero attached hydrogens (tertiary/aromatic N) is 9. The van der Waals surface area contributed by atoms with Crippen LogP contribution in [0.1, 0.15) is 19.4 Å². The maximum Gasteiger partial charge on any atom is 0.200 e. The van der Waals surface area contributed by atoms with E-state index in [2.05, 4.69) is 41.5 Å². The van der Waals surface area contributed by atoms with Crippen molar-refractivity contribution in [3.8, 4) is 6.07 Å². The van der Waals surface area contributed by atoms with E-state index < -0.39 is 0 Å². The molecule has 0 bridgehead atoms. The lowest BCUT2D eigenvalue weighted by Gasteiger charge is -2.35. The van der Waals surface area contributed by atoms with Crippen LogP contribution in [0.4, 0.5) is 11.6 Å². The van der Waals surface area contributed by atoms with Crippen molar-refractivity contribution in [3.63, 3.8) is 0 Å². The molecule has 128 valence electrons. The maximum absolute atomic E-state index is 8.99. The Bertz CT molecular complexity index is 874. The molecule has 0 atom stereocenters. The van der Waals surface area contributed by atoms with Crippen LogP contribution in [0.25, 0.3) is 5.65 Å². The fraction of sp³-hybridized carbons (Fsp3) is 0.375. The van der Waals surface area contributed by atoms with Crippen molar-refractivity contribution in [1.29, 1.82) is 5.26 Å². The Morgan fingerprint density at radius 1 is 1.00 bits per heavy atom. The number of tetrazole rings is 1. The predicted molar refractivity (Wildman–Crippen MR) is 93.3 cm³/mol. The summed E-state index contributed by atoms with van der Waals surface area (Å²) in [6, 6.07) is 9.46. The monoisotopic (exact) mass is 337 g/mol. The van der Waals surface area contributed by atoms with Gasteiger partial charge in [-0.3, -0.25) is 0 Å². The van der Waals surface area contributed by atoms with Crippen LogP contribution in [0.3, 0.4) is 0 Å². The molecule has 0 radical (unpaired) electrons. The number of pyridine rings is 1. The Balaban J connectivity index is 0.000000880. The first-order valence-electron chi connectivity index (χ1n) is 8.25. The van der Waals surface area contributed by atoms with Crippen LogP contribution >= 0.6 is 0 Å². The maximum atomic E-state index is 8.99. The minimum absolute atomic E-state index is 0.628. The average molecular weight is 337 g/mol. The van der Waals surface area contributed by atoms with Crippen molar-refractivity contribution in [2.24, 2.45) is 0 Å². The smallest absolute Gasteiger partial charge is 0.200 e. The van der Waals surface area contributed by atoms with Crippen LogP contribution in [0, 0.1) is 11.3 Å². The van der Waals surface area contributed by atoms with Crippen LogP contribution in [0.2, 0.25) is 0 Å². The van der Waals surface area contributed by atoms with Gasteiger partial charge < -0.3 is 9.80 Å². The van der Waals surface area contributed by atoms with E-state index in [1.54, 1.807) is 12.3 Å². The number of hydrogen-bond acceptors (Lipinski definition) is 8. The lowest BCUT2D eigenvalue weighted by molar-refractivity contribution is 0.628. The predicted octanol–water partition coefficient (Wildman–Crippen LogP) is 1.14. The summed E-state index contributed by atoms with van der Waals surface area (Å²) in [6.45, 7) is 7.27. The van der Waals surface area contributed by atoms with Gasteiger partial charge in [0.15, 0.2) is 11.5 Å². The molecule has 4 rings (SSSR count). The summed E-state index contributed by atoms with van der Waals surface area (Å²) < 4.78 is 1.43. The van der Waals surface area contributed by atoms with Gasteiger partial charge in [0, 0.05) is 32.4 Å². The summed E-state index contributed by atoms with van der Waals surface area (Å²) >= 11 is 0. The van der Waals surface area contributed by atoms with Crippen molar-refractivity contribution in [1.82, 2.24) is 30.2 Å². The number of aromatic nitrogens is 6. The molecule has 0 aromatic carbocycles. The van der Waals surface area contributed by atoms with Crippen molar-refractivity contribution in [2.75, 3.05) is 36.0 Å². The van der Waals surface area contributed by atoms with Gasteiger partial charge in [-0.05, 0) is 34.7 Å². The number of rotatable bonds is 2. The van der Waals surface area contributed by atoms with E-state index in [4.69, 9.17) is 5.26 Å². The van der Waals surface area contributed by atoms with E-state index >= 15 is 0 Å². The molecule has 0 N–H and O–H groups in total. The van der Waals surface area contributed by atoms with E-state index in [0.29, 0.717) is 11.2 Å². The second kappa shape index (κ2) is 7.53. The number of fused-ring (bicyclic) bond motifs is 1. The molecule has 9 nitrogen and oxygen atoms in total. The fourth-order valence-corrected chi connectivity index (χ4v) is 2.63. The van der Waals surface area contributed by atoms with Gasteiger partial charge in [-0.25, -0.2) is 4.98 Å². The molecule has 4 heterocycles. The quantitative estimate of drug-likeness (QED) is 0.686. The zero-order chi connectivity index (χ0) is 17.6. The Morgan fingerprint density at radius 2 is 1.72 bits per heavy atom. The number of nitriles is 1. The van der Waals surface area contributed by atoms with E-state index in [1.165, 1.54) is 4.63 Å². The van der Waals surface area contributed by atoms with Crippen molar-refractivity contribution < 1.29 is 0 Å². The molecule has 3 aromatic heterocycles. The van der Waals surface area contributed by atoms with Gasteiger partial charge in [-0.2, -0.15) is 5.26 Å². The van der Waals surface area contributed by atoms with Crippen LogP contribution in [-0.2, 0) is 0 Å². The van der Waals surface area contributed by atoms with Crippen LogP contribution in [0.15, 0.2) is 30.5 Å². The minimum atomic E-state index is 0.628. The summed E-state index contributed by atoms with van der Waals surface area (Å²) in [7, 11) is 0. The van der Waals surface area contributed by atoms with E-state index in [-0.39, 0.29) is 0 Å². The van der Waals surface area contributed by atoms with Crippen molar-refractivity contribution in [3.05, 3.63) is 36.0 Å². The molecule has 0 amide bonds. The van der Waals surface area contributed by atoms with Crippen LogP contribution < -0.4 is 9.80 Å². The molecule has 1 saturated heterocycles. The lowest BCUT2D eigenvalue weighted by atomic mass is 10.2. The molecule has 3 aromatic rings. The Hall–Kier alpha value is -3.28. The largest absolute Gasteiger partial charge is 0.353 e. The molecule has 1 aliphatic heterocycles. The number of anilines is 2. The summed E-state index contributed by atoms with van der Waals surface area (Å²) in [5, 5.41) is 24.7. The topological polar surface area (TPSA) is 99.1 Å². The number of hydrogen-bond donors (Lipinski definition) is 0. The van der Waals surface area contributed by atoms with Crippen LogP contribution in [0.5, 0.6) is 0 Å².